The van der Waals surface area contributed by atoms with Crippen LogP contribution in [0.1, 0.15) is 50.6 Å². The number of benzene rings is 2. The standard InChI is InChI=1S/C25H25F5N6O2.C2H6/c1-12(2)36-13(3)20(23(31)32-4)22(34-36)16-6-8-19-15(21(16)27)9-10-35(19)24(37)33-18-11-14(5-7-17(18)26)38-25(28,29)30;1-2/h5-8,11-12H,9-10H2,1-4H3,(H2,31,32)(H,33,37);1-2H3. The maximum absolute atomic E-state index is 15.8. The van der Waals surface area contributed by atoms with Crippen molar-refractivity contribution in [1.29, 1.82) is 0 Å². The summed E-state index contributed by atoms with van der Waals surface area (Å²) in [5.41, 5.74) is 7.79. The molecule has 0 fully saturated rings. The van der Waals surface area contributed by atoms with Gasteiger partial charge in [0.05, 0.1) is 16.9 Å². The fourth-order valence-corrected chi connectivity index (χ4v) is 4.45. The van der Waals surface area contributed by atoms with E-state index in [9.17, 15) is 22.4 Å². The Balaban J connectivity index is 0.00000216. The van der Waals surface area contributed by atoms with Crippen molar-refractivity contribution in [2.75, 3.05) is 23.8 Å². The maximum Gasteiger partial charge on any atom is 0.573 e. The van der Waals surface area contributed by atoms with Crippen molar-refractivity contribution in [3.63, 3.8) is 0 Å². The molecule has 0 spiro atoms. The van der Waals surface area contributed by atoms with E-state index < -0.39 is 35.5 Å². The van der Waals surface area contributed by atoms with Crippen LogP contribution in [0, 0.1) is 18.6 Å². The Labute approximate surface area is 228 Å². The summed E-state index contributed by atoms with van der Waals surface area (Å²) in [6.45, 7) is 9.73. The molecule has 0 saturated carbocycles. The van der Waals surface area contributed by atoms with Gasteiger partial charge in [-0.25, -0.2) is 13.6 Å². The van der Waals surface area contributed by atoms with Crippen LogP contribution in [0.2, 0.25) is 0 Å². The van der Waals surface area contributed by atoms with E-state index in [1.54, 1.807) is 4.68 Å². The highest BCUT2D eigenvalue weighted by Crippen LogP contribution is 2.38. The van der Waals surface area contributed by atoms with Gasteiger partial charge < -0.3 is 15.8 Å². The molecule has 0 atom stereocenters. The average Bonchev–Trinajstić information content (AvgIpc) is 3.48. The molecule has 13 heteroatoms. The van der Waals surface area contributed by atoms with Crippen LogP contribution >= 0.6 is 0 Å². The highest BCUT2D eigenvalue weighted by Gasteiger charge is 2.33. The zero-order chi connectivity index (χ0) is 29.9. The van der Waals surface area contributed by atoms with E-state index >= 15 is 4.39 Å². The maximum atomic E-state index is 15.8. The van der Waals surface area contributed by atoms with Gasteiger partial charge in [0.25, 0.3) is 0 Å². The lowest BCUT2D eigenvalue weighted by molar-refractivity contribution is -0.274. The Hall–Kier alpha value is -4.16. The van der Waals surface area contributed by atoms with Gasteiger partial charge in [-0.15, -0.1) is 13.2 Å². The Morgan fingerprint density at radius 2 is 1.85 bits per heavy atom. The molecule has 0 bridgehead atoms. The molecule has 3 aromatic rings. The molecular formula is C27H31F5N6O2. The normalized spacial score (nSPS) is 13.2. The number of halogens is 5. The minimum atomic E-state index is -4.99. The summed E-state index contributed by atoms with van der Waals surface area (Å²) < 4.78 is 73.1. The van der Waals surface area contributed by atoms with E-state index in [0.717, 1.165) is 23.9 Å². The van der Waals surface area contributed by atoms with Gasteiger partial charge in [0.1, 0.15) is 28.9 Å². The van der Waals surface area contributed by atoms with E-state index in [1.165, 1.54) is 24.1 Å². The minimum Gasteiger partial charge on any atom is -0.406 e. The molecule has 216 valence electrons. The summed E-state index contributed by atoms with van der Waals surface area (Å²) in [5.74, 6) is -2.06. The van der Waals surface area contributed by atoms with Crippen LogP contribution in [0.15, 0.2) is 35.3 Å². The largest absolute Gasteiger partial charge is 0.573 e. The summed E-state index contributed by atoms with van der Waals surface area (Å²) >= 11 is 0. The number of nitrogens with two attached hydrogens (primary N) is 1. The predicted octanol–water partition coefficient (Wildman–Crippen LogP) is 6.57. The van der Waals surface area contributed by atoms with Crippen molar-refractivity contribution in [3.8, 4) is 17.0 Å². The third-order valence-electron chi connectivity index (χ3n) is 6.14. The van der Waals surface area contributed by atoms with Crippen molar-refractivity contribution < 1.29 is 31.5 Å². The van der Waals surface area contributed by atoms with Crippen LogP contribution in [0.4, 0.5) is 38.1 Å². The van der Waals surface area contributed by atoms with E-state index in [1.807, 2.05) is 34.6 Å². The zero-order valence-electron chi connectivity index (χ0n) is 23.0. The fourth-order valence-electron chi connectivity index (χ4n) is 4.45. The van der Waals surface area contributed by atoms with Crippen molar-refractivity contribution in [3.05, 3.63) is 58.8 Å². The monoisotopic (exact) mass is 566 g/mol. The molecule has 40 heavy (non-hydrogen) atoms. The highest BCUT2D eigenvalue weighted by molar-refractivity contribution is 6.05. The van der Waals surface area contributed by atoms with Gasteiger partial charge >= 0.3 is 12.4 Å². The number of carbonyl (C=O) groups is 1. The molecule has 1 aliphatic heterocycles. The highest BCUT2D eigenvalue weighted by atomic mass is 19.4. The van der Waals surface area contributed by atoms with E-state index in [2.05, 4.69) is 20.1 Å². The second kappa shape index (κ2) is 11.9. The second-order valence-corrected chi connectivity index (χ2v) is 8.90. The number of aliphatic imine (C=N–C) groups is 1. The summed E-state index contributed by atoms with van der Waals surface area (Å²) in [7, 11) is 1.52. The third kappa shape index (κ3) is 6.02. The Morgan fingerprint density at radius 3 is 2.45 bits per heavy atom. The number of hydrogen-bond acceptors (Lipinski definition) is 4. The molecule has 4 rings (SSSR count). The Bertz CT molecular complexity index is 1430. The minimum absolute atomic E-state index is 0.0238. The first-order chi connectivity index (χ1) is 18.8. The number of amidine groups is 1. The smallest absolute Gasteiger partial charge is 0.406 e. The topological polar surface area (TPSA) is 97.8 Å². The van der Waals surface area contributed by atoms with Gasteiger partial charge in [-0.1, -0.05) is 13.8 Å². The number of alkyl halides is 3. The molecule has 0 aliphatic carbocycles. The number of fused-ring (bicyclic) bond motifs is 1. The lowest BCUT2D eigenvalue weighted by atomic mass is 10.0. The van der Waals surface area contributed by atoms with E-state index in [4.69, 9.17) is 5.73 Å². The number of amides is 2. The average molecular weight is 567 g/mol. The predicted molar refractivity (Wildman–Crippen MR) is 144 cm³/mol. The summed E-state index contributed by atoms with van der Waals surface area (Å²) in [6, 6.07) is 4.38. The van der Waals surface area contributed by atoms with Crippen molar-refractivity contribution >= 4 is 23.2 Å². The molecule has 1 aliphatic rings. The van der Waals surface area contributed by atoms with Gasteiger partial charge in [0, 0.05) is 42.5 Å². The van der Waals surface area contributed by atoms with Crippen molar-refractivity contribution in [2.45, 2.75) is 53.4 Å². The number of urea groups is 1. The molecule has 8 nitrogen and oxygen atoms in total. The van der Waals surface area contributed by atoms with Crippen LogP contribution in [0.3, 0.4) is 0 Å². The summed E-state index contributed by atoms with van der Waals surface area (Å²) in [4.78, 5) is 18.1. The molecule has 0 saturated heterocycles. The first kappa shape index (κ1) is 30.4. The lowest BCUT2D eigenvalue weighted by Gasteiger charge is -2.19. The molecule has 0 radical (unpaired) electrons. The van der Waals surface area contributed by atoms with Gasteiger partial charge in [0.15, 0.2) is 0 Å². The van der Waals surface area contributed by atoms with Crippen LogP contribution in [0.5, 0.6) is 5.75 Å². The quantitative estimate of drug-likeness (QED) is 0.207. The first-order valence-corrected chi connectivity index (χ1v) is 12.6. The van der Waals surface area contributed by atoms with Crippen LogP contribution < -0.4 is 20.7 Å². The zero-order valence-corrected chi connectivity index (χ0v) is 23.0. The molecule has 3 N–H and O–H groups in total. The van der Waals surface area contributed by atoms with E-state index in [0.29, 0.717) is 11.3 Å². The number of ether oxygens (including phenoxy) is 1. The Kier molecular flexibility index (Phi) is 9.06. The second-order valence-electron chi connectivity index (χ2n) is 8.90. The Morgan fingerprint density at radius 1 is 1.18 bits per heavy atom. The van der Waals surface area contributed by atoms with Crippen molar-refractivity contribution in [1.82, 2.24) is 9.78 Å². The molecule has 2 heterocycles. The fraction of sp³-hybridized carbons (Fsp3) is 0.370. The summed E-state index contributed by atoms with van der Waals surface area (Å²) in [6.07, 6.45) is -4.84. The van der Waals surface area contributed by atoms with Gasteiger partial charge in [0.2, 0.25) is 0 Å². The molecule has 0 unspecified atom stereocenters. The third-order valence-corrected chi connectivity index (χ3v) is 6.14. The number of hydrogen-bond donors (Lipinski definition) is 2. The van der Waals surface area contributed by atoms with Crippen LogP contribution in [0.25, 0.3) is 11.3 Å². The number of nitrogens with one attached hydrogen (secondary N) is 1. The van der Waals surface area contributed by atoms with Gasteiger partial charge in [-0.3, -0.25) is 14.6 Å². The molecule has 2 aromatic carbocycles. The number of nitrogens with zero attached hydrogens (tertiary/aromatic N) is 4. The van der Waals surface area contributed by atoms with Gasteiger partial charge in [-0.2, -0.15) is 5.10 Å². The van der Waals surface area contributed by atoms with Gasteiger partial charge in [-0.05, 0) is 51.5 Å². The summed E-state index contributed by atoms with van der Waals surface area (Å²) in [5, 5.41) is 6.81. The van der Waals surface area contributed by atoms with Crippen LogP contribution in [-0.2, 0) is 6.42 Å². The lowest BCUT2D eigenvalue weighted by Crippen LogP contribution is -2.33. The number of rotatable bonds is 5. The first-order valence-electron chi connectivity index (χ1n) is 12.6. The molecule has 2 amide bonds. The van der Waals surface area contributed by atoms with Crippen molar-refractivity contribution in [2.24, 2.45) is 10.7 Å². The number of carbonyl (C=O) groups excluding carboxylic acids is 1. The SMILES string of the molecule is CC.CN=C(N)c1c(-c2ccc3c(c2F)CCN3C(=O)Nc2cc(OC(F)(F)F)ccc2F)nn(C(C)C)c1C. The van der Waals surface area contributed by atoms with E-state index in [-0.39, 0.29) is 41.7 Å². The number of aromatic nitrogens is 2. The number of anilines is 2. The molecular weight excluding hydrogens is 535 g/mol. The molecule has 1 aromatic heterocycles. The van der Waals surface area contributed by atoms with Crippen LogP contribution in [-0.4, -0.2) is 41.6 Å².